The second-order valence-corrected chi connectivity index (χ2v) is 5.79. The van der Waals surface area contributed by atoms with Gasteiger partial charge in [0, 0.05) is 18.5 Å². The summed E-state index contributed by atoms with van der Waals surface area (Å²) < 4.78 is 16.3. The Kier molecular flexibility index (Phi) is 3.89. The maximum absolute atomic E-state index is 13.8. The van der Waals surface area contributed by atoms with E-state index < -0.39 is 0 Å². The second kappa shape index (κ2) is 5.65. The van der Waals surface area contributed by atoms with Crippen LogP contribution in [0, 0.1) is 9.39 Å². The van der Waals surface area contributed by atoms with E-state index in [1.165, 1.54) is 6.07 Å². The van der Waals surface area contributed by atoms with Gasteiger partial charge in [0.05, 0.1) is 27.0 Å². The van der Waals surface area contributed by atoms with Crippen LogP contribution >= 0.6 is 34.2 Å². The third-order valence-electron chi connectivity index (χ3n) is 3.05. The van der Waals surface area contributed by atoms with E-state index in [2.05, 4.69) is 9.97 Å². The smallest absolute Gasteiger partial charge is 0.138 e. The average Bonchev–Trinajstić information content (AvgIpc) is 2.78. The summed E-state index contributed by atoms with van der Waals surface area (Å²) in [6.07, 6.45) is 3.51. The zero-order valence-electron chi connectivity index (χ0n) is 10.4. The molecule has 20 heavy (non-hydrogen) atoms. The zero-order chi connectivity index (χ0) is 14.1. The fourth-order valence-corrected chi connectivity index (χ4v) is 2.78. The van der Waals surface area contributed by atoms with E-state index >= 15 is 0 Å². The van der Waals surface area contributed by atoms with Gasteiger partial charge in [0.15, 0.2) is 0 Å². The summed E-state index contributed by atoms with van der Waals surface area (Å²) >= 11 is 7.92. The molecule has 0 atom stereocenters. The first-order valence-corrected chi connectivity index (χ1v) is 7.59. The molecule has 0 unspecified atom stereocenters. The molecule has 0 aliphatic rings. The average molecular weight is 402 g/mol. The molecule has 0 N–H and O–H groups in total. The zero-order valence-corrected chi connectivity index (χ0v) is 13.3. The third-order valence-corrected chi connectivity index (χ3v) is 4.12. The summed E-state index contributed by atoms with van der Waals surface area (Å²) in [7, 11) is 0. The number of imidazole rings is 1. The Bertz CT molecular complexity index is 758. The van der Waals surface area contributed by atoms with Crippen LogP contribution in [-0.4, -0.2) is 14.5 Å². The number of hydrogen-bond donors (Lipinski definition) is 0. The van der Waals surface area contributed by atoms with Crippen LogP contribution in [0.15, 0.2) is 36.7 Å². The fraction of sp³-hybridized carbons (Fsp3) is 0.143. The van der Waals surface area contributed by atoms with Gasteiger partial charge in [0.25, 0.3) is 0 Å². The molecule has 0 aliphatic carbocycles. The minimum Gasteiger partial charge on any atom is -0.322 e. The van der Waals surface area contributed by atoms with Crippen LogP contribution in [0.25, 0.3) is 11.0 Å². The van der Waals surface area contributed by atoms with Crippen LogP contribution in [0.1, 0.15) is 11.4 Å². The largest absolute Gasteiger partial charge is 0.322 e. The summed E-state index contributed by atoms with van der Waals surface area (Å²) in [6.45, 7) is 0.576. The molecule has 0 radical (unpaired) electrons. The number of alkyl halides is 1. The van der Waals surface area contributed by atoms with Gasteiger partial charge < -0.3 is 4.57 Å². The Morgan fingerprint density at radius 1 is 1.35 bits per heavy atom. The van der Waals surface area contributed by atoms with Crippen LogP contribution in [0.5, 0.6) is 0 Å². The molecular formula is C14H10ClFIN3. The first-order valence-electron chi connectivity index (χ1n) is 5.98. The molecule has 0 amide bonds. The molecule has 0 aliphatic heterocycles. The van der Waals surface area contributed by atoms with Gasteiger partial charge >= 0.3 is 0 Å². The lowest BCUT2D eigenvalue weighted by Gasteiger charge is -2.07. The molecule has 3 aromatic rings. The molecule has 3 rings (SSSR count). The van der Waals surface area contributed by atoms with Crippen LogP contribution in [-0.2, 0) is 12.4 Å². The Balaban J connectivity index is 2.15. The van der Waals surface area contributed by atoms with Gasteiger partial charge in [-0.3, -0.25) is 4.98 Å². The quantitative estimate of drug-likeness (QED) is 0.491. The predicted octanol–water partition coefficient (Wildman–Crippen LogP) is 3.96. The fourth-order valence-electron chi connectivity index (χ4n) is 2.12. The highest BCUT2D eigenvalue weighted by molar-refractivity contribution is 14.1. The first-order chi connectivity index (χ1) is 9.69. The summed E-state index contributed by atoms with van der Waals surface area (Å²) in [5.74, 6) is 0.770. The molecule has 0 saturated carbocycles. The highest BCUT2D eigenvalue weighted by Crippen LogP contribution is 2.23. The number of nitrogens with zero attached hydrogens (tertiary/aromatic N) is 3. The lowest BCUT2D eigenvalue weighted by Crippen LogP contribution is -2.04. The third kappa shape index (κ3) is 2.52. The van der Waals surface area contributed by atoms with E-state index in [0.717, 1.165) is 22.4 Å². The lowest BCUT2D eigenvalue weighted by molar-refractivity contribution is 0.621. The maximum atomic E-state index is 13.8. The van der Waals surface area contributed by atoms with Gasteiger partial charge in [0.1, 0.15) is 11.6 Å². The standard InChI is InChI=1S/C14H10ClFIN3/c15-6-14-19-12-5-11(17)10(16)4-13(12)20(14)8-9-2-1-3-18-7-9/h1-5,7H,6,8H2. The predicted molar refractivity (Wildman–Crippen MR) is 85.3 cm³/mol. The summed E-state index contributed by atoms with van der Waals surface area (Å²) in [6, 6.07) is 7.09. The van der Waals surface area contributed by atoms with Gasteiger partial charge in [-0.1, -0.05) is 6.07 Å². The van der Waals surface area contributed by atoms with Crippen molar-refractivity contribution in [1.82, 2.24) is 14.5 Å². The van der Waals surface area contributed by atoms with Crippen LogP contribution < -0.4 is 0 Å². The van der Waals surface area contributed by atoms with Crippen LogP contribution in [0.4, 0.5) is 4.39 Å². The number of halogens is 3. The highest BCUT2D eigenvalue weighted by atomic mass is 127. The van der Waals surface area contributed by atoms with E-state index in [1.807, 2.05) is 39.3 Å². The monoisotopic (exact) mass is 401 g/mol. The Hall–Kier alpha value is -1.21. The van der Waals surface area contributed by atoms with E-state index in [-0.39, 0.29) is 11.7 Å². The number of fused-ring (bicyclic) bond motifs is 1. The molecule has 1 aromatic carbocycles. The number of rotatable bonds is 3. The minimum atomic E-state index is -0.244. The van der Waals surface area contributed by atoms with Crippen LogP contribution in [0.3, 0.4) is 0 Å². The van der Waals surface area contributed by atoms with Crippen molar-refractivity contribution in [3.05, 3.63) is 57.4 Å². The minimum absolute atomic E-state index is 0.244. The van der Waals surface area contributed by atoms with E-state index in [4.69, 9.17) is 11.6 Å². The Morgan fingerprint density at radius 3 is 2.90 bits per heavy atom. The highest BCUT2D eigenvalue weighted by Gasteiger charge is 2.13. The molecule has 2 aromatic heterocycles. The molecule has 0 spiro atoms. The summed E-state index contributed by atoms with van der Waals surface area (Å²) in [5, 5.41) is 0. The van der Waals surface area contributed by atoms with Crippen molar-refractivity contribution in [2.75, 3.05) is 0 Å². The van der Waals surface area contributed by atoms with Gasteiger partial charge in [-0.15, -0.1) is 11.6 Å². The Morgan fingerprint density at radius 2 is 2.20 bits per heavy atom. The van der Waals surface area contributed by atoms with E-state index in [1.54, 1.807) is 18.5 Å². The number of hydrogen-bond acceptors (Lipinski definition) is 2. The van der Waals surface area contributed by atoms with Crippen molar-refractivity contribution in [2.45, 2.75) is 12.4 Å². The van der Waals surface area contributed by atoms with Crippen molar-refractivity contribution < 1.29 is 4.39 Å². The molecular weight excluding hydrogens is 392 g/mol. The van der Waals surface area contributed by atoms with Gasteiger partial charge in [-0.25, -0.2) is 9.37 Å². The van der Waals surface area contributed by atoms with Crippen molar-refractivity contribution in [3.8, 4) is 0 Å². The van der Waals surface area contributed by atoms with Gasteiger partial charge in [-0.05, 0) is 40.3 Å². The lowest BCUT2D eigenvalue weighted by atomic mass is 10.2. The van der Waals surface area contributed by atoms with Gasteiger partial charge in [-0.2, -0.15) is 0 Å². The van der Waals surface area contributed by atoms with E-state index in [9.17, 15) is 4.39 Å². The van der Waals surface area contributed by atoms with E-state index in [0.29, 0.717) is 10.1 Å². The first kappa shape index (κ1) is 13.8. The van der Waals surface area contributed by atoms with Crippen molar-refractivity contribution >= 4 is 45.2 Å². The molecule has 3 nitrogen and oxygen atoms in total. The van der Waals surface area contributed by atoms with Crippen molar-refractivity contribution in [2.24, 2.45) is 0 Å². The maximum Gasteiger partial charge on any atom is 0.138 e. The molecule has 0 fully saturated rings. The SMILES string of the molecule is Fc1cc2c(cc1I)nc(CCl)n2Cc1cccnc1. The normalized spacial score (nSPS) is 11.2. The molecule has 102 valence electrons. The molecule has 2 heterocycles. The second-order valence-electron chi connectivity index (χ2n) is 4.36. The summed E-state index contributed by atoms with van der Waals surface area (Å²) in [5.41, 5.74) is 2.54. The number of pyridine rings is 1. The molecule has 0 saturated heterocycles. The molecule has 6 heteroatoms. The van der Waals surface area contributed by atoms with Crippen molar-refractivity contribution in [3.63, 3.8) is 0 Å². The van der Waals surface area contributed by atoms with Crippen molar-refractivity contribution in [1.29, 1.82) is 0 Å². The number of aromatic nitrogens is 3. The Labute approximate surface area is 133 Å². The summed E-state index contributed by atoms with van der Waals surface area (Å²) in [4.78, 5) is 8.56. The number of benzene rings is 1. The van der Waals surface area contributed by atoms with Gasteiger partial charge in [0.2, 0.25) is 0 Å². The topological polar surface area (TPSA) is 30.7 Å². The van der Waals surface area contributed by atoms with Crippen LogP contribution in [0.2, 0.25) is 0 Å². The molecule has 0 bridgehead atoms.